The van der Waals surface area contributed by atoms with E-state index < -0.39 is 0 Å². The van der Waals surface area contributed by atoms with Crippen LogP contribution in [0.5, 0.6) is 0 Å². The van der Waals surface area contributed by atoms with Crippen molar-refractivity contribution < 1.29 is 0 Å². The van der Waals surface area contributed by atoms with Gasteiger partial charge >= 0.3 is 0 Å². The molecule has 8 aromatic rings. The summed E-state index contributed by atoms with van der Waals surface area (Å²) in [6.45, 7) is 0. The smallest absolute Gasteiger partial charge is 0.0991 e. The van der Waals surface area contributed by atoms with Crippen molar-refractivity contribution in [2.24, 2.45) is 0 Å². The molecule has 8 aromatic carbocycles. The minimum Gasteiger partial charge on any atom is -0.193 e. The zero-order valence-electron chi connectivity index (χ0n) is 27.2. The standard InChI is InChI=1S/C48H28N2/c49-27-29-14-17-33(18-15-29)34-20-21-38-44-26-47-45(25-43(44)37-13-7-12-36(34)48(37)38)40(32-10-5-2-6-11-32)23-42-35-19-16-30(28-50)22-41(35)39(24-46(42)47)31-8-3-1-4-9-31/h1-14,16-17,19-26H,15,18H2. The molecule has 0 radical (unpaired) electrons. The van der Waals surface area contributed by atoms with E-state index in [2.05, 4.69) is 133 Å². The van der Waals surface area contributed by atoms with Crippen LogP contribution < -0.4 is 0 Å². The molecule has 0 fully saturated rings. The molecule has 2 aliphatic rings. The minimum atomic E-state index is 0.659. The van der Waals surface area contributed by atoms with Gasteiger partial charge in [-0.1, -0.05) is 103 Å². The SMILES string of the molecule is N#CC1=CC=C(c2ccc3c4c(cccc24)-c2cc4c(-c5ccccc5)cc5c6ccc(C#N)cc6c(-c6ccccc6)cc5c4cc2-3)CC1. The van der Waals surface area contributed by atoms with Crippen molar-refractivity contribution in [3.05, 3.63) is 162 Å². The van der Waals surface area contributed by atoms with Crippen molar-refractivity contribution in [2.75, 3.05) is 0 Å². The topological polar surface area (TPSA) is 47.6 Å². The summed E-state index contributed by atoms with van der Waals surface area (Å²) in [5, 5.41) is 28.9. The number of fused-ring (bicyclic) bond motifs is 8. The maximum atomic E-state index is 9.88. The number of benzene rings is 8. The van der Waals surface area contributed by atoms with Gasteiger partial charge in [-0.25, -0.2) is 0 Å². The first-order valence-corrected chi connectivity index (χ1v) is 17.1. The highest BCUT2D eigenvalue weighted by atomic mass is 14.3. The molecule has 0 saturated carbocycles. The first kappa shape index (κ1) is 28.3. The molecule has 2 heteroatoms. The van der Waals surface area contributed by atoms with Gasteiger partial charge in [0.05, 0.1) is 17.7 Å². The Balaban J connectivity index is 1.31. The van der Waals surface area contributed by atoms with E-state index in [4.69, 9.17) is 0 Å². The molecule has 0 amide bonds. The van der Waals surface area contributed by atoms with E-state index in [9.17, 15) is 10.5 Å². The Morgan fingerprint density at radius 3 is 1.64 bits per heavy atom. The molecule has 10 rings (SSSR count). The highest BCUT2D eigenvalue weighted by Gasteiger charge is 2.26. The van der Waals surface area contributed by atoms with E-state index >= 15 is 0 Å². The van der Waals surface area contributed by atoms with Crippen LogP contribution in [0.2, 0.25) is 0 Å². The first-order valence-electron chi connectivity index (χ1n) is 17.1. The molecule has 50 heavy (non-hydrogen) atoms. The molecule has 0 saturated heterocycles. The highest BCUT2D eigenvalue weighted by molar-refractivity contribution is 6.27. The van der Waals surface area contributed by atoms with Gasteiger partial charge in [0.2, 0.25) is 0 Å². The number of nitriles is 2. The van der Waals surface area contributed by atoms with E-state index in [1.165, 1.54) is 76.8 Å². The fourth-order valence-electron chi connectivity index (χ4n) is 8.41. The summed E-state index contributed by atoms with van der Waals surface area (Å²) in [6, 6.07) is 52.9. The Morgan fingerprint density at radius 1 is 0.380 bits per heavy atom. The zero-order chi connectivity index (χ0) is 33.3. The van der Waals surface area contributed by atoms with Crippen LogP contribution in [0, 0.1) is 22.7 Å². The van der Waals surface area contributed by atoms with Gasteiger partial charge in [-0.05, 0) is 154 Å². The monoisotopic (exact) mass is 632 g/mol. The summed E-state index contributed by atoms with van der Waals surface area (Å²) < 4.78 is 0. The van der Waals surface area contributed by atoms with Crippen molar-refractivity contribution in [3.8, 4) is 56.6 Å². The van der Waals surface area contributed by atoms with E-state index in [0.29, 0.717) is 5.56 Å². The van der Waals surface area contributed by atoms with Crippen LogP contribution in [0.15, 0.2) is 151 Å². The normalized spacial score (nSPS) is 13.2. The largest absolute Gasteiger partial charge is 0.193 e. The van der Waals surface area contributed by atoms with Crippen LogP contribution in [-0.4, -0.2) is 0 Å². The van der Waals surface area contributed by atoms with Crippen LogP contribution in [-0.2, 0) is 0 Å². The summed E-state index contributed by atoms with van der Waals surface area (Å²) in [6.07, 6.45) is 5.77. The Kier molecular flexibility index (Phi) is 6.16. The van der Waals surface area contributed by atoms with Crippen LogP contribution in [0.4, 0.5) is 0 Å². The second-order valence-corrected chi connectivity index (χ2v) is 13.4. The quantitative estimate of drug-likeness (QED) is 0.182. The predicted molar refractivity (Wildman–Crippen MR) is 207 cm³/mol. The second kappa shape index (κ2) is 10.9. The van der Waals surface area contributed by atoms with Crippen molar-refractivity contribution >= 4 is 48.7 Å². The van der Waals surface area contributed by atoms with Crippen LogP contribution in [0.1, 0.15) is 24.0 Å². The van der Waals surface area contributed by atoms with Gasteiger partial charge in [-0.3, -0.25) is 0 Å². The van der Waals surface area contributed by atoms with Crippen molar-refractivity contribution in [3.63, 3.8) is 0 Å². The molecule has 0 heterocycles. The lowest BCUT2D eigenvalue weighted by molar-refractivity contribution is 1.01. The van der Waals surface area contributed by atoms with Gasteiger partial charge in [-0.2, -0.15) is 10.5 Å². The van der Waals surface area contributed by atoms with Gasteiger partial charge < -0.3 is 0 Å². The van der Waals surface area contributed by atoms with Gasteiger partial charge in [0.15, 0.2) is 0 Å². The first-order chi connectivity index (χ1) is 24.7. The average molecular weight is 633 g/mol. The molecule has 230 valence electrons. The molecule has 2 nitrogen and oxygen atoms in total. The third-order valence-electron chi connectivity index (χ3n) is 10.8. The van der Waals surface area contributed by atoms with Crippen molar-refractivity contribution in [1.29, 1.82) is 10.5 Å². The van der Waals surface area contributed by atoms with Crippen LogP contribution in [0.25, 0.3) is 93.2 Å². The van der Waals surface area contributed by atoms with E-state index in [0.717, 1.165) is 40.3 Å². The lowest BCUT2D eigenvalue weighted by Gasteiger charge is -2.18. The molecule has 0 N–H and O–H groups in total. The second-order valence-electron chi connectivity index (χ2n) is 13.4. The summed E-state index contributed by atoms with van der Waals surface area (Å²) >= 11 is 0. The lowest BCUT2D eigenvalue weighted by Crippen LogP contribution is -1.93. The molecule has 0 atom stereocenters. The molecule has 0 unspecified atom stereocenters. The van der Waals surface area contributed by atoms with Crippen molar-refractivity contribution in [2.45, 2.75) is 12.8 Å². The number of allylic oxidation sites excluding steroid dienone is 4. The summed E-state index contributed by atoms with van der Waals surface area (Å²) in [4.78, 5) is 0. The Morgan fingerprint density at radius 2 is 0.980 bits per heavy atom. The third kappa shape index (κ3) is 4.13. The summed E-state index contributed by atoms with van der Waals surface area (Å²) in [7, 11) is 0. The van der Waals surface area contributed by atoms with Crippen LogP contribution in [0.3, 0.4) is 0 Å². The molecule has 0 bridgehead atoms. The summed E-state index contributed by atoms with van der Waals surface area (Å²) in [5.41, 5.74) is 13.7. The molecule has 2 aliphatic carbocycles. The van der Waals surface area contributed by atoms with E-state index in [1.807, 2.05) is 24.3 Å². The highest BCUT2D eigenvalue weighted by Crippen LogP contribution is 2.52. The Hall–Kier alpha value is -6.74. The molecular formula is C48H28N2. The number of rotatable bonds is 3. The van der Waals surface area contributed by atoms with Crippen LogP contribution >= 0.6 is 0 Å². The van der Waals surface area contributed by atoms with Gasteiger partial charge in [0.1, 0.15) is 0 Å². The Labute approximate surface area is 290 Å². The summed E-state index contributed by atoms with van der Waals surface area (Å²) in [5.74, 6) is 0. The van der Waals surface area contributed by atoms with Gasteiger partial charge in [0, 0.05) is 5.57 Å². The van der Waals surface area contributed by atoms with Gasteiger partial charge in [-0.15, -0.1) is 0 Å². The van der Waals surface area contributed by atoms with Crippen molar-refractivity contribution in [1.82, 2.24) is 0 Å². The fraction of sp³-hybridized carbons (Fsp3) is 0.0417. The molecule has 0 spiro atoms. The Bertz CT molecular complexity index is 2910. The number of hydrogen-bond donors (Lipinski definition) is 0. The minimum absolute atomic E-state index is 0.659. The zero-order valence-corrected chi connectivity index (χ0v) is 27.2. The number of hydrogen-bond acceptors (Lipinski definition) is 2. The average Bonchev–Trinajstić information content (AvgIpc) is 3.50. The van der Waals surface area contributed by atoms with E-state index in [-0.39, 0.29) is 0 Å². The molecule has 0 aliphatic heterocycles. The molecular weight excluding hydrogens is 605 g/mol. The molecule has 0 aromatic heterocycles. The lowest BCUT2D eigenvalue weighted by atomic mass is 9.85. The predicted octanol–water partition coefficient (Wildman–Crippen LogP) is 12.8. The van der Waals surface area contributed by atoms with E-state index in [1.54, 1.807) is 0 Å². The number of nitrogens with zero attached hydrogens (tertiary/aromatic N) is 2. The maximum absolute atomic E-state index is 9.88. The van der Waals surface area contributed by atoms with Gasteiger partial charge in [0.25, 0.3) is 0 Å². The maximum Gasteiger partial charge on any atom is 0.0991 e. The third-order valence-corrected chi connectivity index (χ3v) is 10.8. The fourth-order valence-corrected chi connectivity index (χ4v) is 8.41.